The molecule has 1 aliphatic rings. The third-order valence-corrected chi connectivity index (χ3v) is 5.86. The first-order chi connectivity index (χ1) is 15.5. The minimum absolute atomic E-state index is 0.000530. The van der Waals surface area contributed by atoms with E-state index < -0.39 is 27.4 Å². The SMILES string of the molecule is COc1ccc(N2CCc3c(nn(-c4cccc(C)n4)c3OS(=O)(=O)C(F)(F)F)C2=O)cc1. The molecule has 0 bridgehead atoms. The van der Waals surface area contributed by atoms with Gasteiger partial charge in [0.1, 0.15) is 5.75 Å². The molecule has 1 aliphatic heterocycles. The van der Waals surface area contributed by atoms with Crippen LogP contribution in [0.5, 0.6) is 11.6 Å². The molecule has 3 aromatic rings. The average molecular weight is 482 g/mol. The number of alkyl halides is 3. The zero-order valence-corrected chi connectivity index (χ0v) is 18.1. The quantitative estimate of drug-likeness (QED) is 0.407. The molecule has 1 aromatic carbocycles. The number of anilines is 1. The van der Waals surface area contributed by atoms with Gasteiger partial charge in [-0.15, -0.1) is 0 Å². The molecule has 4 rings (SSSR count). The minimum Gasteiger partial charge on any atom is -0.497 e. The first-order valence-electron chi connectivity index (χ1n) is 9.54. The van der Waals surface area contributed by atoms with Gasteiger partial charge in [0.05, 0.1) is 12.7 Å². The molecule has 0 unspecified atom stereocenters. The van der Waals surface area contributed by atoms with Crippen LogP contribution in [0.3, 0.4) is 0 Å². The lowest BCUT2D eigenvalue weighted by Crippen LogP contribution is -2.37. The molecule has 0 saturated heterocycles. The molecule has 13 heteroatoms. The van der Waals surface area contributed by atoms with Crippen LogP contribution in [-0.4, -0.2) is 48.3 Å². The van der Waals surface area contributed by atoms with Crippen molar-refractivity contribution in [3.63, 3.8) is 0 Å². The van der Waals surface area contributed by atoms with E-state index in [4.69, 9.17) is 4.74 Å². The number of ether oxygens (including phenoxy) is 1. The topological polar surface area (TPSA) is 104 Å². The molecule has 174 valence electrons. The number of halogens is 3. The molecule has 0 spiro atoms. The van der Waals surface area contributed by atoms with Gasteiger partial charge in [-0.1, -0.05) is 6.07 Å². The molecule has 0 fully saturated rings. The van der Waals surface area contributed by atoms with Crippen molar-refractivity contribution < 1.29 is 35.3 Å². The second-order valence-corrected chi connectivity index (χ2v) is 8.61. The first kappa shape index (κ1) is 22.6. The van der Waals surface area contributed by atoms with Gasteiger partial charge in [0.2, 0.25) is 5.88 Å². The van der Waals surface area contributed by atoms with Crippen LogP contribution in [0, 0.1) is 6.92 Å². The molecule has 9 nitrogen and oxygen atoms in total. The van der Waals surface area contributed by atoms with Crippen LogP contribution in [0.15, 0.2) is 42.5 Å². The Labute approximate surface area is 186 Å². The van der Waals surface area contributed by atoms with Crippen molar-refractivity contribution in [2.24, 2.45) is 0 Å². The monoisotopic (exact) mass is 482 g/mol. The Morgan fingerprint density at radius 3 is 2.39 bits per heavy atom. The number of fused-ring (bicyclic) bond motifs is 1. The van der Waals surface area contributed by atoms with Crippen LogP contribution in [0.1, 0.15) is 21.7 Å². The second kappa shape index (κ2) is 8.06. The summed E-state index contributed by atoms with van der Waals surface area (Å²) < 4.78 is 73.0. The molecule has 0 atom stereocenters. The second-order valence-electron chi connectivity index (χ2n) is 7.07. The molecule has 0 aliphatic carbocycles. The van der Waals surface area contributed by atoms with Crippen LogP contribution in [0.25, 0.3) is 5.82 Å². The Kier molecular flexibility index (Phi) is 5.52. The summed E-state index contributed by atoms with van der Waals surface area (Å²) in [4.78, 5) is 18.7. The van der Waals surface area contributed by atoms with E-state index in [2.05, 4.69) is 14.3 Å². The average Bonchev–Trinajstić information content (AvgIpc) is 3.12. The highest BCUT2D eigenvalue weighted by Gasteiger charge is 2.50. The maximum atomic E-state index is 13.2. The molecule has 0 N–H and O–H groups in total. The Morgan fingerprint density at radius 2 is 1.79 bits per heavy atom. The Hall–Kier alpha value is -3.61. The van der Waals surface area contributed by atoms with Crippen LogP contribution >= 0.6 is 0 Å². The molecular weight excluding hydrogens is 465 g/mol. The summed E-state index contributed by atoms with van der Waals surface area (Å²) in [5, 5.41) is 4.10. The predicted octanol–water partition coefficient (Wildman–Crippen LogP) is 3.02. The highest BCUT2D eigenvalue weighted by atomic mass is 32.2. The number of amides is 1. The molecular formula is C20H17F3N4O5S. The summed E-state index contributed by atoms with van der Waals surface area (Å²) in [5.41, 5.74) is -4.94. The first-order valence-corrected chi connectivity index (χ1v) is 11.0. The van der Waals surface area contributed by atoms with Crippen LogP contribution in [0.4, 0.5) is 18.9 Å². The molecule has 33 heavy (non-hydrogen) atoms. The van der Waals surface area contributed by atoms with Crippen molar-refractivity contribution >= 4 is 21.7 Å². The van der Waals surface area contributed by atoms with E-state index >= 15 is 0 Å². The number of aromatic nitrogens is 3. The van der Waals surface area contributed by atoms with Gasteiger partial charge in [0, 0.05) is 17.9 Å². The van der Waals surface area contributed by atoms with E-state index in [1.165, 1.54) is 18.1 Å². The standard InChI is InChI=1S/C20H17F3N4O5S/c1-12-4-3-5-16(24-12)27-19(32-33(29,30)20(21,22)23)15-10-11-26(18(28)17(15)25-27)13-6-8-14(31-2)9-7-13/h3-9H,10-11H2,1-2H3. The number of benzene rings is 1. The summed E-state index contributed by atoms with van der Waals surface area (Å²) in [6.45, 7) is 1.70. The number of hydrogen-bond acceptors (Lipinski definition) is 7. The lowest BCUT2D eigenvalue weighted by molar-refractivity contribution is -0.0502. The van der Waals surface area contributed by atoms with Gasteiger partial charge in [-0.25, -0.2) is 4.98 Å². The van der Waals surface area contributed by atoms with Crippen LogP contribution in [-0.2, 0) is 16.5 Å². The number of carbonyl (C=O) groups is 1. The van der Waals surface area contributed by atoms with Gasteiger partial charge >= 0.3 is 15.6 Å². The smallest absolute Gasteiger partial charge is 0.497 e. The third-order valence-electron chi connectivity index (χ3n) is 4.92. The molecule has 3 heterocycles. The summed E-state index contributed by atoms with van der Waals surface area (Å²) >= 11 is 0. The maximum Gasteiger partial charge on any atom is 0.534 e. The summed E-state index contributed by atoms with van der Waals surface area (Å²) in [6, 6.07) is 11.2. The van der Waals surface area contributed by atoms with E-state index in [1.54, 1.807) is 43.3 Å². The zero-order valence-electron chi connectivity index (χ0n) is 17.3. The van der Waals surface area contributed by atoms with Crippen LogP contribution < -0.4 is 13.8 Å². The minimum atomic E-state index is -6.01. The zero-order chi connectivity index (χ0) is 24.0. The number of methoxy groups -OCH3 is 1. The van der Waals surface area contributed by atoms with Gasteiger partial charge < -0.3 is 13.8 Å². The maximum absolute atomic E-state index is 13.2. The molecule has 1 amide bonds. The number of rotatable bonds is 5. The van der Waals surface area contributed by atoms with Gasteiger partial charge in [-0.05, 0) is 49.7 Å². The Morgan fingerprint density at radius 1 is 1.09 bits per heavy atom. The predicted molar refractivity (Wildman–Crippen MR) is 110 cm³/mol. The van der Waals surface area contributed by atoms with Gasteiger partial charge in [0.15, 0.2) is 11.5 Å². The van der Waals surface area contributed by atoms with E-state index in [0.717, 1.165) is 4.68 Å². The van der Waals surface area contributed by atoms with Crippen molar-refractivity contribution in [3.05, 3.63) is 59.4 Å². The number of nitrogens with zero attached hydrogens (tertiary/aromatic N) is 4. The molecule has 2 aromatic heterocycles. The van der Waals surface area contributed by atoms with Crippen molar-refractivity contribution in [1.29, 1.82) is 0 Å². The summed E-state index contributed by atoms with van der Waals surface area (Å²) in [6.07, 6.45) is 0.00162. The number of carbonyl (C=O) groups excluding carboxylic acids is 1. The van der Waals surface area contributed by atoms with E-state index in [0.29, 0.717) is 17.1 Å². The van der Waals surface area contributed by atoms with E-state index in [-0.39, 0.29) is 30.0 Å². The van der Waals surface area contributed by atoms with Gasteiger partial charge in [-0.2, -0.15) is 31.4 Å². The number of pyridine rings is 1. The Balaban J connectivity index is 1.82. The fraction of sp³-hybridized carbons (Fsp3) is 0.250. The number of hydrogen-bond donors (Lipinski definition) is 0. The highest BCUT2D eigenvalue weighted by molar-refractivity contribution is 7.88. The van der Waals surface area contributed by atoms with E-state index in [9.17, 15) is 26.4 Å². The molecule has 0 saturated carbocycles. The van der Waals surface area contributed by atoms with Gasteiger partial charge in [-0.3, -0.25) is 4.79 Å². The van der Waals surface area contributed by atoms with Crippen molar-refractivity contribution in [2.45, 2.75) is 18.9 Å². The van der Waals surface area contributed by atoms with E-state index in [1.807, 2.05) is 0 Å². The molecule has 0 radical (unpaired) electrons. The van der Waals surface area contributed by atoms with Crippen molar-refractivity contribution in [2.75, 3.05) is 18.6 Å². The lowest BCUT2D eigenvalue weighted by atomic mass is 10.1. The summed E-state index contributed by atoms with van der Waals surface area (Å²) in [7, 11) is -4.52. The largest absolute Gasteiger partial charge is 0.534 e. The third kappa shape index (κ3) is 4.11. The highest BCUT2D eigenvalue weighted by Crippen LogP contribution is 2.35. The summed E-state index contributed by atoms with van der Waals surface area (Å²) in [5.74, 6) is -0.766. The Bertz CT molecular complexity index is 1320. The number of aryl methyl sites for hydroxylation is 1. The lowest BCUT2D eigenvalue weighted by Gasteiger charge is -2.26. The van der Waals surface area contributed by atoms with Crippen LogP contribution in [0.2, 0.25) is 0 Å². The van der Waals surface area contributed by atoms with Crippen molar-refractivity contribution in [3.8, 4) is 17.4 Å². The fourth-order valence-electron chi connectivity index (χ4n) is 3.33. The normalized spacial score (nSPS) is 14.2. The van der Waals surface area contributed by atoms with Crippen molar-refractivity contribution in [1.82, 2.24) is 14.8 Å². The fourth-order valence-corrected chi connectivity index (χ4v) is 3.81. The van der Waals surface area contributed by atoms with Gasteiger partial charge in [0.25, 0.3) is 5.91 Å².